The largest absolute Gasteiger partial charge is 0.393 e. The maximum Gasteiger partial charge on any atom is 0.155 e. The lowest BCUT2D eigenvalue weighted by Gasteiger charge is -2.58. The van der Waals surface area contributed by atoms with E-state index in [0.29, 0.717) is 30.0 Å². The number of terminal acetylenes is 1. The van der Waals surface area contributed by atoms with Gasteiger partial charge in [-0.15, -0.1) is 12.3 Å². The van der Waals surface area contributed by atoms with E-state index < -0.39 is 0 Å². The molecule has 0 heterocycles. The number of allylic oxidation sites excluding steroid dienone is 1. The zero-order chi connectivity index (χ0) is 16.2. The van der Waals surface area contributed by atoms with Crippen molar-refractivity contribution in [3.63, 3.8) is 0 Å². The Morgan fingerprint density at radius 2 is 2.04 bits per heavy atom. The molecule has 4 rings (SSSR count). The first-order chi connectivity index (χ1) is 11.0. The first-order valence-corrected chi connectivity index (χ1v) is 9.37. The van der Waals surface area contributed by atoms with E-state index in [4.69, 9.17) is 6.42 Å². The van der Waals surface area contributed by atoms with Crippen LogP contribution < -0.4 is 0 Å². The fourth-order valence-corrected chi connectivity index (χ4v) is 6.85. The van der Waals surface area contributed by atoms with Crippen molar-refractivity contribution in [3.05, 3.63) is 11.6 Å². The molecule has 0 amide bonds. The van der Waals surface area contributed by atoms with Gasteiger partial charge in [-0.3, -0.25) is 4.79 Å². The van der Waals surface area contributed by atoms with E-state index in [1.807, 2.05) is 6.08 Å². The fraction of sp³-hybridized carbons (Fsp3) is 0.762. The van der Waals surface area contributed by atoms with Crippen molar-refractivity contribution < 1.29 is 9.90 Å². The van der Waals surface area contributed by atoms with E-state index in [2.05, 4.69) is 12.8 Å². The quantitative estimate of drug-likeness (QED) is 0.746. The van der Waals surface area contributed by atoms with Gasteiger partial charge in [0.05, 0.1) is 6.10 Å². The van der Waals surface area contributed by atoms with Crippen LogP contribution in [0, 0.1) is 40.9 Å². The van der Waals surface area contributed by atoms with Gasteiger partial charge in [0.15, 0.2) is 5.78 Å². The number of carbonyl (C=O) groups is 1. The average molecular weight is 312 g/mol. The molecule has 0 radical (unpaired) electrons. The van der Waals surface area contributed by atoms with Crippen LogP contribution in [0.15, 0.2) is 11.6 Å². The normalized spacial score (nSPS) is 48.7. The minimum absolute atomic E-state index is 0.0838. The predicted octanol–water partition coefficient (Wildman–Crippen LogP) is 3.88. The van der Waals surface area contributed by atoms with Gasteiger partial charge in [0.25, 0.3) is 0 Å². The minimum Gasteiger partial charge on any atom is -0.393 e. The lowest BCUT2D eigenvalue weighted by molar-refractivity contribution is -0.118. The van der Waals surface area contributed by atoms with Crippen LogP contribution in [-0.4, -0.2) is 17.0 Å². The van der Waals surface area contributed by atoms with Crippen molar-refractivity contribution >= 4 is 5.78 Å². The van der Waals surface area contributed by atoms with Crippen molar-refractivity contribution in [1.29, 1.82) is 0 Å². The van der Waals surface area contributed by atoms with Crippen LogP contribution in [-0.2, 0) is 4.79 Å². The molecule has 6 atom stereocenters. The third-order valence-corrected chi connectivity index (χ3v) is 8.05. The van der Waals surface area contributed by atoms with Crippen LogP contribution in [0.25, 0.3) is 0 Å². The summed E-state index contributed by atoms with van der Waals surface area (Å²) >= 11 is 0. The molecule has 4 aliphatic rings. The fourth-order valence-electron chi connectivity index (χ4n) is 6.85. The second-order valence-corrected chi connectivity index (χ2v) is 8.73. The van der Waals surface area contributed by atoms with Gasteiger partial charge < -0.3 is 5.11 Å². The van der Waals surface area contributed by atoms with Crippen molar-refractivity contribution in [2.75, 3.05) is 0 Å². The standard InChI is InChI=1S/C21H28O2/c1-3-10-21-12-8-15(22)13-14(21)4-5-16-17-6-7-19(23)20(17,2)11-9-18(16)21/h1,13,16-19,23H,4-12H2,2H3/t16?,17?,18?,19-,20-,21-/m0/s1. The van der Waals surface area contributed by atoms with Gasteiger partial charge in [-0.2, -0.15) is 0 Å². The van der Waals surface area contributed by atoms with Crippen LogP contribution in [0.3, 0.4) is 0 Å². The lowest BCUT2D eigenvalue weighted by Crippen LogP contribution is -2.52. The van der Waals surface area contributed by atoms with E-state index in [9.17, 15) is 9.90 Å². The molecule has 0 aromatic rings. The summed E-state index contributed by atoms with van der Waals surface area (Å²) < 4.78 is 0. The predicted molar refractivity (Wildman–Crippen MR) is 90.5 cm³/mol. The highest BCUT2D eigenvalue weighted by molar-refractivity contribution is 5.91. The molecule has 2 nitrogen and oxygen atoms in total. The van der Waals surface area contributed by atoms with Crippen molar-refractivity contribution in [3.8, 4) is 12.3 Å². The molecule has 3 fully saturated rings. The number of hydrogen-bond acceptors (Lipinski definition) is 2. The molecule has 124 valence electrons. The molecule has 0 aromatic carbocycles. The highest BCUT2D eigenvalue weighted by atomic mass is 16.3. The van der Waals surface area contributed by atoms with Gasteiger partial charge >= 0.3 is 0 Å². The molecule has 1 N–H and O–H groups in total. The third-order valence-electron chi connectivity index (χ3n) is 8.05. The molecule has 0 aliphatic heterocycles. The molecule has 0 spiro atoms. The van der Waals surface area contributed by atoms with E-state index in [0.717, 1.165) is 32.1 Å². The number of fused-ring (bicyclic) bond motifs is 5. The zero-order valence-electron chi connectivity index (χ0n) is 14.2. The van der Waals surface area contributed by atoms with Crippen LogP contribution in [0.2, 0.25) is 0 Å². The highest BCUT2D eigenvalue weighted by Gasteiger charge is 2.59. The summed E-state index contributed by atoms with van der Waals surface area (Å²) in [4.78, 5) is 11.9. The van der Waals surface area contributed by atoms with Crippen LogP contribution in [0.1, 0.15) is 64.7 Å². The summed E-state index contributed by atoms with van der Waals surface area (Å²) in [6.45, 7) is 2.31. The lowest BCUT2D eigenvalue weighted by atomic mass is 9.46. The van der Waals surface area contributed by atoms with Gasteiger partial charge in [0.1, 0.15) is 0 Å². The molecule has 4 aliphatic carbocycles. The summed E-state index contributed by atoms with van der Waals surface area (Å²) in [7, 11) is 0. The van der Waals surface area contributed by atoms with Gasteiger partial charge in [-0.1, -0.05) is 12.5 Å². The van der Waals surface area contributed by atoms with E-state index in [1.165, 1.54) is 24.8 Å². The Labute approximate surface area is 139 Å². The Kier molecular flexibility index (Phi) is 3.50. The van der Waals surface area contributed by atoms with Gasteiger partial charge in [0, 0.05) is 18.3 Å². The van der Waals surface area contributed by atoms with Gasteiger partial charge in [-0.05, 0) is 74.2 Å². The average Bonchev–Trinajstić information content (AvgIpc) is 2.84. The van der Waals surface area contributed by atoms with Crippen molar-refractivity contribution in [1.82, 2.24) is 0 Å². The summed E-state index contributed by atoms with van der Waals surface area (Å²) in [6, 6.07) is 0. The number of aliphatic hydroxyl groups excluding tert-OH is 1. The van der Waals surface area contributed by atoms with Crippen LogP contribution in [0.4, 0.5) is 0 Å². The van der Waals surface area contributed by atoms with E-state index >= 15 is 0 Å². The first-order valence-electron chi connectivity index (χ1n) is 9.37. The molecular weight excluding hydrogens is 284 g/mol. The monoisotopic (exact) mass is 312 g/mol. The minimum atomic E-state index is -0.123. The third kappa shape index (κ3) is 2.02. The smallest absolute Gasteiger partial charge is 0.155 e. The molecule has 0 saturated heterocycles. The maximum atomic E-state index is 11.9. The van der Waals surface area contributed by atoms with Crippen molar-refractivity contribution in [2.24, 2.45) is 28.6 Å². The van der Waals surface area contributed by atoms with Gasteiger partial charge in [-0.25, -0.2) is 0 Å². The summed E-state index contributed by atoms with van der Waals surface area (Å²) in [5.74, 6) is 5.19. The Bertz CT molecular complexity index is 597. The van der Waals surface area contributed by atoms with E-state index in [-0.39, 0.29) is 16.9 Å². The second-order valence-electron chi connectivity index (χ2n) is 8.73. The molecule has 2 heteroatoms. The summed E-state index contributed by atoms with van der Waals surface area (Å²) in [5, 5.41) is 10.5. The van der Waals surface area contributed by atoms with Crippen LogP contribution in [0.5, 0.6) is 0 Å². The maximum absolute atomic E-state index is 11.9. The molecule has 23 heavy (non-hydrogen) atoms. The Balaban J connectivity index is 1.73. The van der Waals surface area contributed by atoms with Gasteiger partial charge in [0.2, 0.25) is 0 Å². The number of ketones is 1. The number of aliphatic hydroxyl groups is 1. The Hall–Kier alpha value is -1.07. The molecule has 3 saturated carbocycles. The number of carbonyl (C=O) groups excluding carboxylic acids is 1. The first kappa shape index (κ1) is 15.5. The zero-order valence-corrected chi connectivity index (χ0v) is 14.2. The second kappa shape index (κ2) is 5.21. The highest BCUT2D eigenvalue weighted by Crippen LogP contribution is 2.66. The topological polar surface area (TPSA) is 37.3 Å². The Morgan fingerprint density at radius 3 is 2.83 bits per heavy atom. The summed E-state index contributed by atoms with van der Waals surface area (Å²) in [6.07, 6.45) is 16.6. The number of hydrogen-bond donors (Lipinski definition) is 1. The Morgan fingerprint density at radius 1 is 1.22 bits per heavy atom. The SMILES string of the molecule is C#CC[C@]12CCC(=O)C=C1CCC1C2CC[C@@]2(C)C1CC[C@@H]2O. The molecule has 0 bridgehead atoms. The van der Waals surface area contributed by atoms with Crippen LogP contribution >= 0.6 is 0 Å². The molecular formula is C21H28O2. The molecule has 0 aromatic heterocycles. The van der Waals surface area contributed by atoms with E-state index in [1.54, 1.807) is 0 Å². The number of rotatable bonds is 1. The molecule has 3 unspecified atom stereocenters. The summed E-state index contributed by atoms with van der Waals surface area (Å²) in [5.41, 5.74) is 1.56. The van der Waals surface area contributed by atoms with Crippen molar-refractivity contribution in [2.45, 2.75) is 70.8 Å².